The Hall–Kier alpha value is -0.850. The van der Waals surface area contributed by atoms with E-state index in [1.165, 1.54) is 11.3 Å². The average Bonchev–Trinajstić information content (AvgIpc) is 2.62. The molecule has 0 radical (unpaired) electrons. The lowest BCUT2D eigenvalue weighted by molar-refractivity contribution is 0.580. The third kappa shape index (κ3) is 3.08. The lowest BCUT2D eigenvalue weighted by Crippen LogP contribution is -2.01. The van der Waals surface area contributed by atoms with Crippen LogP contribution in [0, 0.1) is 11.6 Å². The molecule has 2 aromatic rings. The Bertz CT molecular complexity index is 522. The molecule has 1 aromatic heterocycles. The number of anilines is 1. The maximum absolute atomic E-state index is 13.4. The van der Waals surface area contributed by atoms with Crippen LogP contribution in [0.5, 0.6) is 0 Å². The summed E-state index contributed by atoms with van der Waals surface area (Å²) in [6, 6.07) is 1.95. The van der Waals surface area contributed by atoms with E-state index in [1.807, 2.05) is 0 Å². The Morgan fingerprint density at radius 2 is 2.18 bits per heavy atom. The van der Waals surface area contributed by atoms with Crippen LogP contribution in [0.3, 0.4) is 0 Å². The van der Waals surface area contributed by atoms with Gasteiger partial charge in [-0.1, -0.05) is 11.6 Å². The predicted octanol–water partition coefficient (Wildman–Crippen LogP) is 3.98. The fourth-order valence-electron chi connectivity index (χ4n) is 1.28. The largest absolute Gasteiger partial charge is 0.377 e. The highest BCUT2D eigenvalue weighted by atomic mass is 35.5. The standard InChI is InChI=1S/C10H7ClF2N2S2/c11-10-15-4-6(17-10)3-14-9-7(13)1-5(12)2-8(9)16/h1-2,4,14,16H,3H2. The Morgan fingerprint density at radius 1 is 1.41 bits per heavy atom. The Labute approximate surface area is 111 Å². The second-order valence-corrected chi connectivity index (χ2v) is 5.39. The number of rotatable bonds is 3. The number of nitrogens with one attached hydrogen (secondary N) is 1. The summed E-state index contributed by atoms with van der Waals surface area (Å²) in [6.07, 6.45) is 1.60. The van der Waals surface area contributed by atoms with Crippen molar-refractivity contribution in [2.75, 3.05) is 5.32 Å². The van der Waals surface area contributed by atoms with Crippen molar-refractivity contribution in [1.82, 2.24) is 4.98 Å². The van der Waals surface area contributed by atoms with Crippen molar-refractivity contribution in [3.8, 4) is 0 Å². The van der Waals surface area contributed by atoms with Gasteiger partial charge in [-0.25, -0.2) is 13.8 Å². The van der Waals surface area contributed by atoms with E-state index in [9.17, 15) is 8.78 Å². The van der Waals surface area contributed by atoms with Gasteiger partial charge in [0, 0.05) is 22.0 Å². The second kappa shape index (κ2) is 5.20. The number of thiazole rings is 1. The Balaban J connectivity index is 2.14. The molecule has 0 fully saturated rings. The van der Waals surface area contributed by atoms with Crippen molar-refractivity contribution in [3.63, 3.8) is 0 Å². The second-order valence-electron chi connectivity index (χ2n) is 3.21. The molecule has 7 heteroatoms. The van der Waals surface area contributed by atoms with Crippen molar-refractivity contribution in [2.45, 2.75) is 11.4 Å². The predicted molar refractivity (Wildman–Crippen MR) is 68.1 cm³/mol. The first-order chi connectivity index (χ1) is 8.06. The molecule has 2 rings (SSSR count). The summed E-state index contributed by atoms with van der Waals surface area (Å²) < 4.78 is 26.7. The van der Waals surface area contributed by atoms with E-state index in [4.69, 9.17) is 11.6 Å². The van der Waals surface area contributed by atoms with Gasteiger partial charge in [-0.05, 0) is 6.07 Å². The highest BCUT2D eigenvalue weighted by Crippen LogP contribution is 2.26. The molecular formula is C10H7ClF2N2S2. The van der Waals surface area contributed by atoms with E-state index in [1.54, 1.807) is 6.20 Å². The summed E-state index contributed by atoms with van der Waals surface area (Å²) in [5, 5.41) is 2.83. The van der Waals surface area contributed by atoms with Gasteiger partial charge >= 0.3 is 0 Å². The molecule has 0 aliphatic heterocycles. The topological polar surface area (TPSA) is 24.9 Å². The zero-order chi connectivity index (χ0) is 12.4. The van der Waals surface area contributed by atoms with Crippen LogP contribution in [-0.2, 0) is 6.54 Å². The van der Waals surface area contributed by atoms with Gasteiger partial charge in [0.2, 0.25) is 0 Å². The van der Waals surface area contributed by atoms with Gasteiger partial charge in [-0.2, -0.15) is 0 Å². The van der Waals surface area contributed by atoms with Gasteiger partial charge in [-0.3, -0.25) is 0 Å². The lowest BCUT2D eigenvalue weighted by Gasteiger charge is -2.08. The molecule has 0 unspecified atom stereocenters. The van der Waals surface area contributed by atoms with Gasteiger partial charge in [0.25, 0.3) is 0 Å². The maximum Gasteiger partial charge on any atom is 0.183 e. The zero-order valence-electron chi connectivity index (χ0n) is 8.38. The molecule has 1 aromatic carbocycles. The smallest absolute Gasteiger partial charge is 0.183 e. The number of halogens is 3. The van der Waals surface area contributed by atoms with Gasteiger partial charge in [0.05, 0.1) is 12.2 Å². The van der Waals surface area contributed by atoms with Crippen LogP contribution in [-0.4, -0.2) is 4.98 Å². The van der Waals surface area contributed by atoms with Crippen LogP contribution in [0.2, 0.25) is 4.47 Å². The van der Waals surface area contributed by atoms with Crippen molar-refractivity contribution in [3.05, 3.63) is 39.3 Å². The molecular weight excluding hydrogens is 286 g/mol. The van der Waals surface area contributed by atoms with Crippen molar-refractivity contribution >= 4 is 41.3 Å². The SMILES string of the molecule is Fc1cc(F)c(NCc2cnc(Cl)s2)c(S)c1. The van der Waals surface area contributed by atoms with Crippen molar-refractivity contribution in [1.29, 1.82) is 0 Å². The first kappa shape index (κ1) is 12.6. The minimum atomic E-state index is -0.675. The molecule has 17 heavy (non-hydrogen) atoms. The summed E-state index contributed by atoms with van der Waals surface area (Å²) in [5.41, 5.74) is 0.166. The van der Waals surface area contributed by atoms with Gasteiger partial charge in [0.15, 0.2) is 4.47 Å². The molecule has 0 aliphatic rings. The summed E-state index contributed by atoms with van der Waals surface area (Å²) in [4.78, 5) is 4.93. The van der Waals surface area contributed by atoms with E-state index in [0.29, 0.717) is 11.0 Å². The number of benzene rings is 1. The fourth-order valence-corrected chi connectivity index (χ4v) is 2.50. The van der Waals surface area contributed by atoms with E-state index in [0.717, 1.165) is 17.0 Å². The van der Waals surface area contributed by atoms with E-state index >= 15 is 0 Å². The van der Waals surface area contributed by atoms with Gasteiger partial charge in [-0.15, -0.1) is 24.0 Å². The molecule has 0 amide bonds. The van der Waals surface area contributed by atoms with Crippen molar-refractivity contribution < 1.29 is 8.78 Å². The van der Waals surface area contributed by atoms with Crippen LogP contribution in [0.4, 0.5) is 14.5 Å². The number of hydrogen-bond donors (Lipinski definition) is 2. The molecule has 1 heterocycles. The van der Waals surface area contributed by atoms with E-state index in [-0.39, 0.29) is 10.6 Å². The third-order valence-electron chi connectivity index (χ3n) is 2.00. The number of nitrogens with zero attached hydrogens (tertiary/aromatic N) is 1. The van der Waals surface area contributed by atoms with E-state index in [2.05, 4.69) is 22.9 Å². The molecule has 0 bridgehead atoms. The highest BCUT2D eigenvalue weighted by Gasteiger charge is 2.09. The number of hydrogen-bond acceptors (Lipinski definition) is 4. The molecule has 0 aliphatic carbocycles. The zero-order valence-corrected chi connectivity index (χ0v) is 10.8. The summed E-state index contributed by atoms with van der Waals surface area (Å²) in [6.45, 7) is 0.362. The first-order valence-electron chi connectivity index (χ1n) is 4.58. The third-order valence-corrected chi connectivity index (χ3v) is 3.47. The van der Waals surface area contributed by atoms with Crippen molar-refractivity contribution in [2.24, 2.45) is 0 Å². The molecule has 1 N–H and O–H groups in total. The minimum Gasteiger partial charge on any atom is -0.377 e. The van der Waals surface area contributed by atoms with Crippen LogP contribution < -0.4 is 5.32 Å². The average molecular weight is 293 g/mol. The molecule has 0 saturated carbocycles. The normalized spacial score (nSPS) is 10.6. The molecule has 0 spiro atoms. The highest BCUT2D eigenvalue weighted by molar-refractivity contribution is 7.80. The molecule has 0 saturated heterocycles. The van der Waals surface area contributed by atoms with Gasteiger partial charge < -0.3 is 5.32 Å². The van der Waals surface area contributed by atoms with Crippen LogP contribution in [0.1, 0.15) is 4.88 Å². The lowest BCUT2D eigenvalue weighted by atomic mass is 10.3. The Morgan fingerprint density at radius 3 is 2.76 bits per heavy atom. The Kier molecular flexibility index (Phi) is 3.86. The number of aromatic nitrogens is 1. The monoisotopic (exact) mass is 292 g/mol. The summed E-state index contributed by atoms with van der Waals surface area (Å²) in [5.74, 6) is -1.33. The molecule has 90 valence electrons. The van der Waals surface area contributed by atoms with E-state index < -0.39 is 11.6 Å². The first-order valence-corrected chi connectivity index (χ1v) is 6.22. The quantitative estimate of drug-likeness (QED) is 0.837. The number of thiol groups is 1. The molecule has 2 nitrogen and oxygen atoms in total. The fraction of sp³-hybridized carbons (Fsp3) is 0.100. The maximum atomic E-state index is 13.4. The summed E-state index contributed by atoms with van der Waals surface area (Å²) in [7, 11) is 0. The van der Waals surface area contributed by atoms with Crippen LogP contribution >= 0.6 is 35.6 Å². The minimum absolute atomic E-state index is 0.166. The van der Waals surface area contributed by atoms with Crippen LogP contribution in [0.25, 0.3) is 0 Å². The molecule has 0 atom stereocenters. The summed E-state index contributed by atoms with van der Waals surface area (Å²) >= 11 is 11.0. The van der Waals surface area contributed by atoms with Gasteiger partial charge in [0.1, 0.15) is 11.6 Å². The van der Waals surface area contributed by atoms with Crippen LogP contribution in [0.15, 0.2) is 23.2 Å².